The lowest BCUT2D eigenvalue weighted by atomic mass is 10.1. The molecule has 0 amide bonds. The van der Waals surface area contributed by atoms with Crippen molar-refractivity contribution in [2.75, 3.05) is 0 Å². The van der Waals surface area contributed by atoms with E-state index in [4.69, 9.17) is 24.4 Å². The summed E-state index contributed by atoms with van der Waals surface area (Å²) in [6, 6.07) is 40.9. The van der Waals surface area contributed by atoms with Gasteiger partial charge in [-0.15, -0.1) is 0 Å². The van der Waals surface area contributed by atoms with Crippen molar-refractivity contribution in [3.05, 3.63) is 205 Å². The standard InChI is InChI=1S/C20H12N2O4.C16H10N2O4.C14H8N2O4.C12H8N2O4/c23-11-26-19-10-18(22-16-8-4-2-6-13(16)19)17-9-14(20(24)25)12-5-1-3-7-15(12)21-17;19-9-22-15-8-14(18-12-4-2-1-3-11(12)15)13-7-10(16(20)21)5-6-17-13;17-7-20-11-4-6-16-13-10(11)2-1-8-9(14(18)19)3-5-15-12(8)13;15-7-18-9-2-4-14-11(6-9)10-5-8(12(16)17)1-3-13-10/h1-11H,(H,24,25);1-9H,(H,20,21);1-7H,(H,18,19);1-7H,(H,16,17). The normalized spacial score (nSPS) is 10.4. The fourth-order valence-electron chi connectivity index (χ4n) is 8.56. The second-order valence-corrected chi connectivity index (χ2v) is 17.5. The number of aromatic nitrogens is 8. The monoisotopic (exact) mass is 1150 g/mol. The minimum atomic E-state index is -1.05. The van der Waals surface area contributed by atoms with E-state index >= 15 is 0 Å². The first kappa shape index (κ1) is 57.8. The van der Waals surface area contributed by atoms with Gasteiger partial charge in [0.2, 0.25) is 0 Å². The third kappa shape index (κ3) is 13.1. The Labute approximate surface area is 482 Å². The summed E-state index contributed by atoms with van der Waals surface area (Å²) in [5.74, 6) is -2.81. The van der Waals surface area contributed by atoms with Crippen LogP contribution in [-0.4, -0.2) is 110 Å². The van der Waals surface area contributed by atoms with Gasteiger partial charge >= 0.3 is 23.9 Å². The van der Waals surface area contributed by atoms with E-state index in [0.717, 1.165) is 0 Å². The maximum absolute atomic E-state index is 11.7. The van der Waals surface area contributed by atoms with Crippen molar-refractivity contribution < 1.29 is 77.7 Å². The highest BCUT2D eigenvalue weighted by Crippen LogP contribution is 2.34. The number of fused-ring (bicyclic) bond motifs is 6. The number of hydrogen-bond acceptors (Lipinski definition) is 20. The summed E-state index contributed by atoms with van der Waals surface area (Å²) in [6.07, 6.45) is 7.13. The van der Waals surface area contributed by atoms with Crippen molar-refractivity contribution in [1.29, 1.82) is 0 Å². The number of carboxylic acid groups (broad SMARTS) is 4. The van der Waals surface area contributed by atoms with Crippen LogP contribution >= 0.6 is 0 Å². The van der Waals surface area contributed by atoms with Gasteiger partial charge in [-0.05, 0) is 84.9 Å². The predicted molar refractivity (Wildman–Crippen MR) is 307 cm³/mol. The molecule has 0 aliphatic heterocycles. The molecule has 0 aliphatic rings. The molecule has 0 radical (unpaired) electrons. The quantitative estimate of drug-likeness (QED) is 0.0548. The molecular weight excluding hydrogens is 1110 g/mol. The molecule has 0 atom stereocenters. The molecule has 0 saturated heterocycles. The lowest BCUT2D eigenvalue weighted by molar-refractivity contribution is -0.121. The maximum atomic E-state index is 11.7. The molecule has 0 fully saturated rings. The molecule has 0 unspecified atom stereocenters. The highest BCUT2D eigenvalue weighted by molar-refractivity contribution is 6.12. The van der Waals surface area contributed by atoms with Gasteiger partial charge in [0.05, 0.1) is 78.5 Å². The molecule has 0 bridgehead atoms. The van der Waals surface area contributed by atoms with Crippen molar-refractivity contribution >= 4 is 104 Å². The van der Waals surface area contributed by atoms with E-state index < -0.39 is 23.9 Å². The van der Waals surface area contributed by atoms with Crippen LogP contribution in [0.5, 0.6) is 23.0 Å². The zero-order valence-corrected chi connectivity index (χ0v) is 43.9. The van der Waals surface area contributed by atoms with Crippen LogP contribution in [0.4, 0.5) is 0 Å². The first-order chi connectivity index (χ1) is 41.8. The van der Waals surface area contributed by atoms with Gasteiger partial charge in [-0.1, -0.05) is 48.5 Å². The van der Waals surface area contributed by atoms with E-state index in [1.807, 2.05) is 24.3 Å². The number of pyridine rings is 8. The largest absolute Gasteiger partial charge is 0.478 e. The first-order valence-corrected chi connectivity index (χ1v) is 24.9. The van der Waals surface area contributed by atoms with Crippen molar-refractivity contribution in [2.45, 2.75) is 0 Å². The van der Waals surface area contributed by atoms with Gasteiger partial charge in [0, 0.05) is 76.1 Å². The van der Waals surface area contributed by atoms with Crippen LogP contribution in [0.15, 0.2) is 183 Å². The molecular formula is C62H38N8O16. The number of aromatic carboxylic acids is 4. The van der Waals surface area contributed by atoms with Gasteiger partial charge in [0.1, 0.15) is 28.5 Å². The minimum absolute atomic E-state index is 0.109. The van der Waals surface area contributed by atoms with E-state index in [0.29, 0.717) is 138 Å². The Hall–Kier alpha value is -12.9. The van der Waals surface area contributed by atoms with Crippen molar-refractivity contribution in [2.24, 2.45) is 0 Å². The van der Waals surface area contributed by atoms with E-state index in [2.05, 4.69) is 44.6 Å². The average Bonchev–Trinajstić information content (AvgIpc) is 1.21. The van der Waals surface area contributed by atoms with Crippen LogP contribution < -0.4 is 18.9 Å². The van der Waals surface area contributed by atoms with Crippen LogP contribution in [0.25, 0.3) is 88.7 Å². The first-order valence-electron chi connectivity index (χ1n) is 24.9. The van der Waals surface area contributed by atoms with Gasteiger partial charge in [-0.25, -0.2) is 34.1 Å². The Balaban J connectivity index is 0.000000138. The number of carboxylic acids is 4. The lowest BCUT2D eigenvalue weighted by Crippen LogP contribution is -2.01. The number of nitrogens with zero attached hydrogens (tertiary/aromatic N) is 8. The summed E-state index contributed by atoms with van der Waals surface area (Å²) >= 11 is 0. The fraction of sp³-hybridized carbons (Fsp3) is 0. The Kier molecular flexibility index (Phi) is 17.9. The molecule has 4 N–H and O–H groups in total. The van der Waals surface area contributed by atoms with Gasteiger partial charge in [0.25, 0.3) is 25.9 Å². The molecule has 0 spiro atoms. The third-order valence-corrected chi connectivity index (χ3v) is 12.4. The van der Waals surface area contributed by atoms with Crippen LogP contribution in [0.3, 0.4) is 0 Å². The summed E-state index contributed by atoms with van der Waals surface area (Å²) in [5.41, 5.74) is 5.72. The summed E-state index contributed by atoms with van der Waals surface area (Å²) in [4.78, 5) is 121. The highest BCUT2D eigenvalue weighted by atomic mass is 16.5. The van der Waals surface area contributed by atoms with Gasteiger partial charge in [0.15, 0.2) is 0 Å². The zero-order valence-electron chi connectivity index (χ0n) is 43.9. The number of carbonyl (C=O) groups is 8. The molecule has 422 valence electrons. The third-order valence-electron chi connectivity index (χ3n) is 12.4. The van der Waals surface area contributed by atoms with E-state index in [1.165, 1.54) is 79.5 Å². The summed E-state index contributed by atoms with van der Waals surface area (Å²) in [7, 11) is 0. The minimum Gasteiger partial charge on any atom is -0.478 e. The topological polar surface area (TPSA) is 358 Å². The summed E-state index contributed by atoms with van der Waals surface area (Å²) in [6.45, 7) is 1.33. The second kappa shape index (κ2) is 26.6. The average molecular weight is 1150 g/mol. The predicted octanol–water partition coefficient (Wildman–Crippen LogP) is 9.61. The number of benzene rings is 4. The molecule has 8 heterocycles. The SMILES string of the molecule is O=COc1cc(-c2cc(C(=O)O)c3ccccc3n2)nc2ccccc12.O=COc1cc(-c2cc(C(=O)O)ccn2)nc2ccccc12.O=COc1ccnc(-c2cc(C(=O)O)ccn2)c1.O=COc1ccnc2c1ccc1c(C(=O)O)ccnc12. The van der Waals surface area contributed by atoms with Crippen molar-refractivity contribution in [1.82, 2.24) is 39.9 Å². The molecule has 8 aromatic heterocycles. The van der Waals surface area contributed by atoms with E-state index in [1.54, 1.807) is 78.9 Å². The van der Waals surface area contributed by atoms with Crippen LogP contribution in [0, 0.1) is 0 Å². The Morgan fingerprint density at radius 3 is 1.26 bits per heavy atom. The van der Waals surface area contributed by atoms with Gasteiger partial charge < -0.3 is 39.4 Å². The number of carbonyl (C=O) groups excluding carboxylic acids is 4. The maximum Gasteiger partial charge on any atom is 0.336 e. The molecule has 0 aliphatic carbocycles. The van der Waals surface area contributed by atoms with Crippen molar-refractivity contribution in [3.8, 4) is 57.2 Å². The molecule has 0 saturated carbocycles. The molecule has 86 heavy (non-hydrogen) atoms. The molecule has 4 aromatic carbocycles. The highest BCUT2D eigenvalue weighted by Gasteiger charge is 2.18. The number of rotatable bonds is 15. The Morgan fingerprint density at radius 2 is 0.733 bits per heavy atom. The molecule has 24 nitrogen and oxygen atoms in total. The van der Waals surface area contributed by atoms with E-state index in [9.17, 15) is 48.6 Å². The summed E-state index contributed by atoms with van der Waals surface area (Å²) in [5, 5.41) is 39.7. The van der Waals surface area contributed by atoms with Crippen LogP contribution in [-0.2, 0) is 19.2 Å². The fourth-order valence-corrected chi connectivity index (χ4v) is 8.56. The lowest BCUT2D eigenvalue weighted by Gasteiger charge is -2.09. The number of hydrogen-bond donors (Lipinski definition) is 4. The Bertz CT molecular complexity index is 4640. The smallest absolute Gasteiger partial charge is 0.336 e. The number of ether oxygens (including phenoxy) is 4. The molecule has 12 aromatic rings. The second-order valence-electron chi connectivity index (χ2n) is 17.5. The van der Waals surface area contributed by atoms with Gasteiger partial charge in [-0.3, -0.25) is 44.1 Å². The van der Waals surface area contributed by atoms with E-state index in [-0.39, 0.29) is 22.3 Å². The zero-order chi connectivity index (χ0) is 60.7. The molecule has 12 rings (SSSR count). The van der Waals surface area contributed by atoms with Gasteiger partial charge in [-0.2, -0.15) is 0 Å². The summed E-state index contributed by atoms with van der Waals surface area (Å²) < 4.78 is 19.6. The van der Waals surface area contributed by atoms with Crippen LogP contribution in [0.1, 0.15) is 41.4 Å². The Morgan fingerprint density at radius 1 is 0.326 bits per heavy atom. The number of para-hydroxylation sites is 3. The van der Waals surface area contributed by atoms with Crippen LogP contribution in [0.2, 0.25) is 0 Å². The molecule has 24 heteroatoms. The van der Waals surface area contributed by atoms with Crippen molar-refractivity contribution in [3.63, 3.8) is 0 Å².